The number of nitrogens with one attached hydrogen (secondary N) is 1. The van der Waals surface area contributed by atoms with E-state index >= 15 is 0 Å². The Bertz CT molecular complexity index is 719. The van der Waals surface area contributed by atoms with Gasteiger partial charge in [-0.3, -0.25) is 4.79 Å². The van der Waals surface area contributed by atoms with Gasteiger partial charge in [0.1, 0.15) is 0 Å². The smallest absolute Gasteiger partial charge is 0.262 e. The van der Waals surface area contributed by atoms with Crippen molar-refractivity contribution >= 4 is 69.0 Å². The van der Waals surface area contributed by atoms with Crippen molar-refractivity contribution in [1.29, 1.82) is 0 Å². The molecule has 2 aromatic carbocycles. The van der Waals surface area contributed by atoms with Crippen molar-refractivity contribution < 1.29 is 9.53 Å². The summed E-state index contributed by atoms with van der Waals surface area (Å²) in [5.74, 6) is -0.0332. The highest BCUT2D eigenvalue weighted by Crippen LogP contribution is 2.42. The first-order chi connectivity index (χ1) is 10.8. The van der Waals surface area contributed by atoms with Crippen molar-refractivity contribution in [3.8, 4) is 5.75 Å². The Hall–Kier alpha value is -0.690. The third-order valence-corrected chi connectivity index (χ3v) is 5.39. The Kier molecular flexibility index (Phi) is 6.42. The molecule has 7 heteroatoms. The molecule has 0 unspecified atom stereocenters. The zero-order chi connectivity index (χ0) is 17.1. The van der Waals surface area contributed by atoms with E-state index in [2.05, 4.69) is 27.9 Å². The maximum absolute atomic E-state index is 12.0. The molecule has 0 radical (unpaired) electrons. The number of halogens is 4. The second-order valence-corrected chi connectivity index (χ2v) is 7.24. The van der Waals surface area contributed by atoms with Crippen molar-refractivity contribution in [3.63, 3.8) is 0 Å². The molecule has 122 valence electrons. The molecule has 0 bridgehead atoms. The fraction of sp³-hybridized carbons (Fsp3) is 0.188. The molecule has 3 nitrogen and oxygen atoms in total. The van der Waals surface area contributed by atoms with Gasteiger partial charge in [0.15, 0.2) is 12.4 Å². The molecule has 1 N–H and O–H groups in total. The van der Waals surface area contributed by atoms with E-state index in [-0.39, 0.29) is 18.3 Å². The summed E-state index contributed by atoms with van der Waals surface area (Å²) < 4.78 is 6.59. The molecule has 0 saturated heterocycles. The van der Waals surface area contributed by atoms with E-state index in [4.69, 9.17) is 39.5 Å². The minimum Gasteiger partial charge on any atom is -0.481 e. The second kappa shape index (κ2) is 7.92. The fourth-order valence-corrected chi connectivity index (χ4v) is 3.09. The van der Waals surface area contributed by atoms with Crippen LogP contribution in [-0.4, -0.2) is 12.5 Å². The number of carbonyl (C=O) groups is 1. The maximum atomic E-state index is 12.0. The largest absolute Gasteiger partial charge is 0.481 e. The molecular weight excluding hydrogens is 471 g/mol. The van der Waals surface area contributed by atoms with E-state index in [1.165, 1.54) is 0 Å². The van der Waals surface area contributed by atoms with Crippen molar-refractivity contribution in [2.24, 2.45) is 0 Å². The van der Waals surface area contributed by atoms with Gasteiger partial charge in [-0.1, -0.05) is 34.8 Å². The van der Waals surface area contributed by atoms with Gasteiger partial charge in [-0.2, -0.15) is 0 Å². The van der Waals surface area contributed by atoms with Crippen LogP contribution in [0.3, 0.4) is 0 Å². The zero-order valence-electron chi connectivity index (χ0n) is 12.3. The average molecular weight is 485 g/mol. The fourth-order valence-electron chi connectivity index (χ4n) is 1.91. The molecule has 0 fully saturated rings. The number of rotatable bonds is 4. The Balaban J connectivity index is 2.09. The lowest BCUT2D eigenvalue weighted by molar-refractivity contribution is -0.118. The van der Waals surface area contributed by atoms with Crippen LogP contribution in [-0.2, 0) is 4.79 Å². The normalized spacial score (nSPS) is 10.5. The lowest BCUT2D eigenvalue weighted by Crippen LogP contribution is -2.20. The Morgan fingerprint density at radius 3 is 2.09 bits per heavy atom. The van der Waals surface area contributed by atoms with Crippen LogP contribution >= 0.6 is 57.4 Å². The molecule has 0 aliphatic heterocycles. The number of anilines is 1. The third kappa shape index (κ3) is 4.44. The van der Waals surface area contributed by atoms with E-state index in [1.54, 1.807) is 13.8 Å². The van der Waals surface area contributed by atoms with Gasteiger partial charge < -0.3 is 10.1 Å². The molecule has 0 aliphatic carbocycles. The van der Waals surface area contributed by atoms with E-state index < -0.39 is 0 Å². The quantitative estimate of drug-likeness (QED) is 0.550. The van der Waals surface area contributed by atoms with E-state index in [9.17, 15) is 4.79 Å². The molecule has 23 heavy (non-hydrogen) atoms. The van der Waals surface area contributed by atoms with Crippen LogP contribution in [0.4, 0.5) is 5.69 Å². The number of amides is 1. The standard InChI is InChI=1S/C16H13Cl3INO2/c1-8-13(17)9(2)15(19)16(14(8)18)23-7-12(22)21-11-5-3-10(20)4-6-11/h3-6H,7H2,1-2H3,(H,21,22). The van der Waals surface area contributed by atoms with Crippen LogP contribution in [0.2, 0.25) is 15.1 Å². The van der Waals surface area contributed by atoms with Crippen LogP contribution in [0, 0.1) is 17.4 Å². The molecule has 0 spiro atoms. The van der Waals surface area contributed by atoms with Crippen molar-refractivity contribution in [3.05, 3.63) is 54.0 Å². The van der Waals surface area contributed by atoms with Gasteiger partial charge in [0.2, 0.25) is 0 Å². The van der Waals surface area contributed by atoms with Crippen molar-refractivity contribution in [2.45, 2.75) is 13.8 Å². The molecule has 0 atom stereocenters. The molecule has 0 aromatic heterocycles. The van der Waals surface area contributed by atoms with E-state index in [1.807, 2.05) is 24.3 Å². The Morgan fingerprint density at radius 1 is 1.04 bits per heavy atom. The number of hydrogen-bond acceptors (Lipinski definition) is 2. The minimum absolute atomic E-state index is 0.202. The van der Waals surface area contributed by atoms with Crippen LogP contribution in [0.15, 0.2) is 24.3 Å². The minimum atomic E-state index is -0.302. The molecular formula is C16H13Cl3INO2. The van der Waals surface area contributed by atoms with E-state index in [0.717, 1.165) is 3.57 Å². The molecule has 2 aromatic rings. The molecule has 0 heterocycles. The summed E-state index contributed by atoms with van der Waals surface area (Å²) in [6.45, 7) is 3.34. The summed E-state index contributed by atoms with van der Waals surface area (Å²) >= 11 is 20.8. The highest BCUT2D eigenvalue weighted by molar-refractivity contribution is 14.1. The summed E-state index contributed by atoms with van der Waals surface area (Å²) in [7, 11) is 0. The highest BCUT2D eigenvalue weighted by atomic mass is 127. The van der Waals surface area contributed by atoms with Gasteiger partial charge in [0, 0.05) is 14.3 Å². The maximum Gasteiger partial charge on any atom is 0.262 e. The first-order valence-electron chi connectivity index (χ1n) is 6.63. The van der Waals surface area contributed by atoms with Crippen LogP contribution in [0.25, 0.3) is 0 Å². The van der Waals surface area contributed by atoms with Gasteiger partial charge in [-0.05, 0) is 71.8 Å². The van der Waals surface area contributed by atoms with Crippen LogP contribution in [0.1, 0.15) is 11.1 Å². The molecule has 2 rings (SSSR count). The molecule has 0 saturated carbocycles. The van der Waals surface area contributed by atoms with Gasteiger partial charge in [-0.15, -0.1) is 0 Å². The first-order valence-corrected chi connectivity index (χ1v) is 8.84. The van der Waals surface area contributed by atoms with Gasteiger partial charge in [0.05, 0.1) is 10.0 Å². The van der Waals surface area contributed by atoms with Crippen LogP contribution in [0.5, 0.6) is 5.75 Å². The number of benzene rings is 2. The van der Waals surface area contributed by atoms with Gasteiger partial charge >= 0.3 is 0 Å². The lowest BCUT2D eigenvalue weighted by atomic mass is 10.1. The monoisotopic (exact) mass is 483 g/mol. The summed E-state index contributed by atoms with van der Waals surface area (Å²) in [5.41, 5.74) is 2.03. The number of hydrogen-bond donors (Lipinski definition) is 1. The topological polar surface area (TPSA) is 38.3 Å². The lowest BCUT2D eigenvalue weighted by Gasteiger charge is -2.15. The Labute approximate surface area is 163 Å². The first kappa shape index (κ1) is 18.6. The Morgan fingerprint density at radius 2 is 1.57 bits per heavy atom. The van der Waals surface area contributed by atoms with Crippen LogP contribution < -0.4 is 10.1 Å². The number of ether oxygens (including phenoxy) is 1. The predicted octanol–water partition coefficient (Wildman–Crippen LogP) is 5.89. The summed E-state index contributed by atoms with van der Waals surface area (Å²) in [6.07, 6.45) is 0. The van der Waals surface area contributed by atoms with Crippen molar-refractivity contribution in [1.82, 2.24) is 0 Å². The summed E-state index contributed by atoms with van der Waals surface area (Å²) in [5, 5.41) is 3.86. The molecule has 1 amide bonds. The summed E-state index contributed by atoms with van der Waals surface area (Å²) in [6, 6.07) is 7.43. The zero-order valence-corrected chi connectivity index (χ0v) is 16.8. The molecule has 0 aliphatic rings. The third-order valence-electron chi connectivity index (χ3n) is 3.19. The average Bonchev–Trinajstić information content (AvgIpc) is 2.53. The van der Waals surface area contributed by atoms with Crippen molar-refractivity contribution in [2.75, 3.05) is 11.9 Å². The predicted molar refractivity (Wildman–Crippen MR) is 104 cm³/mol. The SMILES string of the molecule is Cc1c(Cl)c(C)c(Cl)c(OCC(=O)Nc2ccc(I)cc2)c1Cl. The van der Waals surface area contributed by atoms with E-state index in [0.29, 0.717) is 31.9 Å². The highest BCUT2D eigenvalue weighted by Gasteiger charge is 2.18. The number of carbonyl (C=O) groups excluding carboxylic acids is 1. The van der Waals surface area contributed by atoms with Gasteiger partial charge in [-0.25, -0.2) is 0 Å². The van der Waals surface area contributed by atoms with Gasteiger partial charge in [0.25, 0.3) is 5.91 Å². The second-order valence-electron chi connectivity index (χ2n) is 4.86. The summed E-state index contributed by atoms with van der Waals surface area (Å²) in [4.78, 5) is 12.0.